The van der Waals surface area contributed by atoms with Crippen molar-refractivity contribution in [2.75, 3.05) is 18.0 Å². The van der Waals surface area contributed by atoms with E-state index in [0.29, 0.717) is 24.5 Å². The molecule has 2 rings (SSSR count). The van der Waals surface area contributed by atoms with Crippen molar-refractivity contribution in [1.29, 1.82) is 0 Å². The second-order valence-corrected chi connectivity index (χ2v) is 4.64. The summed E-state index contributed by atoms with van der Waals surface area (Å²) in [6.07, 6.45) is 0.553. The Morgan fingerprint density at radius 3 is 3.00 bits per heavy atom. The highest BCUT2D eigenvalue weighted by atomic mass is 35.5. The number of benzene rings is 1. The predicted octanol–water partition coefficient (Wildman–Crippen LogP) is 1.83. The average Bonchev–Trinajstić information content (AvgIpc) is 2.71. The summed E-state index contributed by atoms with van der Waals surface area (Å²) in [5.41, 5.74) is 0.749. The van der Waals surface area contributed by atoms with E-state index < -0.39 is 5.92 Å². The van der Waals surface area contributed by atoms with Crippen molar-refractivity contribution in [1.82, 2.24) is 5.32 Å². The molecule has 1 heterocycles. The van der Waals surface area contributed by atoms with Crippen molar-refractivity contribution < 1.29 is 9.59 Å². The van der Waals surface area contributed by atoms with Gasteiger partial charge in [0.1, 0.15) is 5.92 Å². The molecule has 2 amide bonds. The Hall–Kier alpha value is -1.55. The van der Waals surface area contributed by atoms with Gasteiger partial charge >= 0.3 is 0 Å². The second kappa shape index (κ2) is 5.40. The number of nitrogens with one attached hydrogen (secondary N) is 1. The lowest BCUT2D eigenvalue weighted by Crippen LogP contribution is -2.36. The number of anilines is 1. The topological polar surface area (TPSA) is 49.4 Å². The van der Waals surface area contributed by atoms with Crippen LogP contribution in [0.25, 0.3) is 0 Å². The minimum absolute atomic E-state index is 0.150. The van der Waals surface area contributed by atoms with Crippen LogP contribution in [0, 0.1) is 5.92 Å². The van der Waals surface area contributed by atoms with E-state index in [1.807, 2.05) is 13.0 Å². The van der Waals surface area contributed by atoms with Gasteiger partial charge < -0.3 is 10.2 Å². The van der Waals surface area contributed by atoms with Gasteiger partial charge in [-0.1, -0.05) is 17.7 Å². The third-order valence-corrected chi connectivity index (χ3v) is 3.23. The summed E-state index contributed by atoms with van der Waals surface area (Å²) in [5.74, 6) is -0.904. The Bertz CT molecular complexity index is 476. The molecule has 1 atom stereocenters. The van der Waals surface area contributed by atoms with Crippen molar-refractivity contribution in [3.8, 4) is 0 Å². The Labute approximate surface area is 111 Å². The molecule has 0 spiro atoms. The van der Waals surface area contributed by atoms with Gasteiger partial charge in [-0.15, -0.1) is 0 Å². The fourth-order valence-corrected chi connectivity index (χ4v) is 2.31. The number of amides is 2. The minimum Gasteiger partial charge on any atom is -0.356 e. The van der Waals surface area contributed by atoms with Crippen molar-refractivity contribution >= 4 is 29.1 Å². The first kappa shape index (κ1) is 12.9. The lowest BCUT2D eigenvalue weighted by Gasteiger charge is -2.16. The molecule has 1 aromatic rings. The van der Waals surface area contributed by atoms with E-state index >= 15 is 0 Å². The zero-order chi connectivity index (χ0) is 13.1. The van der Waals surface area contributed by atoms with Crippen molar-refractivity contribution in [3.05, 3.63) is 29.3 Å². The first-order chi connectivity index (χ1) is 8.63. The molecule has 0 aliphatic carbocycles. The van der Waals surface area contributed by atoms with Crippen molar-refractivity contribution in [3.63, 3.8) is 0 Å². The quantitative estimate of drug-likeness (QED) is 0.849. The molecule has 0 radical (unpaired) electrons. The van der Waals surface area contributed by atoms with Gasteiger partial charge in [0, 0.05) is 23.8 Å². The van der Waals surface area contributed by atoms with E-state index in [0.717, 1.165) is 5.69 Å². The van der Waals surface area contributed by atoms with Crippen LogP contribution >= 0.6 is 11.6 Å². The van der Waals surface area contributed by atoms with Crippen LogP contribution in [0.5, 0.6) is 0 Å². The van der Waals surface area contributed by atoms with Crippen LogP contribution < -0.4 is 10.2 Å². The molecule has 4 nitrogen and oxygen atoms in total. The Morgan fingerprint density at radius 1 is 1.56 bits per heavy atom. The van der Waals surface area contributed by atoms with E-state index in [1.54, 1.807) is 23.1 Å². The van der Waals surface area contributed by atoms with Crippen LogP contribution in [0.15, 0.2) is 24.3 Å². The fourth-order valence-electron chi connectivity index (χ4n) is 2.12. The summed E-state index contributed by atoms with van der Waals surface area (Å²) in [6.45, 7) is 2.94. The second-order valence-electron chi connectivity index (χ2n) is 4.21. The number of nitrogens with zero attached hydrogens (tertiary/aromatic N) is 1. The molecule has 1 fully saturated rings. The maximum Gasteiger partial charge on any atom is 0.239 e. The maximum absolute atomic E-state index is 12.2. The van der Waals surface area contributed by atoms with Gasteiger partial charge in [0.2, 0.25) is 11.8 Å². The van der Waals surface area contributed by atoms with Gasteiger partial charge in [-0.05, 0) is 31.5 Å². The van der Waals surface area contributed by atoms with E-state index in [1.165, 1.54) is 0 Å². The Morgan fingerprint density at radius 2 is 2.33 bits per heavy atom. The van der Waals surface area contributed by atoms with Crippen LogP contribution in [0.1, 0.15) is 13.3 Å². The SMILES string of the molecule is CCNC(=O)[C@H]1CCN(c2cccc(Cl)c2)C1=O. The van der Waals surface area contributed by atoms with Crippen molar-refractivity contribution in [2.45, 2.75) is 13.3 Å². The number of rotatable bonds is 3. The van der Waals surface area contributed by atoms with Crippen LogP contribution in [-0.2, 0) is 9.59 Å². The van der Waals surface area contributed by atoms with E-state index in [-0.39, 0.29) is 11.8 Å². The zero-order valence-electron chi connectivity index (χ0n) is 10.1. The Kier molecular flexibility index (Phi) is 3.87. The molecular formula is C13H15ClN2O2. The summed E-state index contributed by atoms with van der Waals surface area (Å²) in [7, 11) is 0. The lowest BCUT2D eigenvalue weighted by atomic mass is 10.1. The van der Waals surface area contributed by atoms with E-state index in [4.69, 9.17) is 11.6 Å². The van der Waals surface area contributed by atoms with Gasteiger partial charge in [-0.2, -0.15) is 0 Å². The summed E-state index contributed by atoms with van der Waals surface area (Å²) in [4.78, 5) is 25.5. The van der Waals surface area contributed by atoms with E-state index in [9.17, 15) is 9.59 Å². The van der Waals surface area contributed by atoms with Gasteiger partial charge in [0.25, 0.3) is 0 Å². The number of carbonyl (C=O) groups excluding carboxylic acids is 2. The molecule has 1 aromatic carbocycles. The molecule has 1 saturated heterocycles. The first-order valence-corrected chi connectivity index (χ1v) is 6.36. The fraction of sp³-hybridized carbons (Fsp3) is 0.385. The average molecular weight is 267 g/mol. The summed E-state index contributed by atoms with van der Waals surface area (Å²) in [6, 6.07) is 7.11. The summed E-state index contributed by atoms with van der Waals surface area (Å²) in [5, 5.41) is 3.27. The number of hydrogen-bond acceptors (Lipinski definition) is 2. The van der Waals surface area contributed by atoms with Gasteiger partial charge in [-0.3, -0.25) is 9.59 Å². The van der Waals surface area contributed by atoms with Crippen molar-refractivity contribution in [2.24, 2.45) is 5.92 Å². The molecule has 0 unspecified atom stereocenters. The zero-order valence-corrected chi connectivity index (χ0v) is 10.9. The molecule has 0 saturated carbocycles. The largest absolute Gasteiger partial charge is 0.356 e. The molecule has 1 aliphatic rings. The van der Waals surface area contributed by atoms with Gasteiger partial charge in [0.15, 0.2) is 0 Å². The molecule has 5 heteroatoms. The highest BCUT2D eigenvalue weighted by Crippen LogP contribution is 2.27. The monoisotopic (exact) mass is 266 g/mol. The normalized spacial score (nSPS) is 19.1. The summed E-state index contributed by atoms with van der Waals surface area (Å²) >= 11 is 5.90. The molecule has 0 bridgehead atoms. The third kappa shape index (κ3) is 2.48. The lowest BCUT2D eigenvalue weighted by molar-refractivity contribution is -0.132. The number of halogens is 1. The number of carbonyl (C=O) groups is 2. The molecule has 0 aromatic heterocycles. The predicted molar refractivity (Wildman–Crippen MR) is 70.6 cm³/mol. The van der Waals surface area contributed by atoms with Crippen LogP contribution in [0.4, 0.5) is 5.69 Å². The molecule has 18 heavy (non-hydrogen) atoms. The highest BCUT2D eigenvalue weighted by Gasteiger charge is 2.37. The van der Waals surface area contributed by atoms with Gasteiger partial charge in [0.05, 0.1) is 0 Å². The first-order valence-electron chi connectivity index (χ1n) is 5.98. The highest BCUT2D eigenvalue weighted by molar-refractivity contribution is 6.31. The Balaban J connectivity index is 2.14. The summed E-state index contributed by atoms with van der Waals surface area (Å²) < 4.78 is 0. The standard InChI is InChI=1S/C13H15ClN2O2/c1-2-15-12(17)11-6-7-16(13(11)18)10-5-3-4-9(14)8-10/h3-5,8,11H,2,6-7H2,1H3,(H,15,17)/t11-/m1/s1. The van der Waals surface area contributed by atoms with Crippen LogP contribution in [-0.4, -0.2) is 24.9 Å². The van der Waals surface area contributed by atoms with E-state index in [2.05, 4.69) is 5.32 Å². The molecular weight excluding hydrogens is 252 g/mol. The molecule has 1 N–H and O–H groups in total. The third-order valence-electron chi connectivity index (χ3n) is 2.99. The maximum atomic E-state index is 12.2. The van der Waals surface area contributed by atoms with Crippen LogP contribution in [0.3, 0.4) is 0 Å². The smallest absolute Gasteiger partial charge is 0.239 e. The molecule has 96 valence electrons. The molecule has 1 aliphatic heterocycles. The van der Waals surface area contributed by atoms with Crippen LogP contribution in [0.2, 0.25) is 5.02 Å². The number of hydrogen-bond donors (Lipinski definition) is 1. The van der Waals surface area contributed by atoms with Gasteiger partial charge in [-0.25, -0.2) is 0 Å². The minimum atomic E-state index is -0.566.